The number of benzene rings is 1. The van der Waals surface area contributed by atoms with Crippen molar-refractivity contribution >= 4 is 22.9 Å². The molecular weight excluding hydrogens is 338 g/mol. The lowest BCUT2D eigenvalue weighted by Gasteiger charge is -2.18. The molecule has 1 aromatic carbocycles. The van der Waals surface area contributed by atoms with Gasteiger partial charge in [-0.25, -0.2) is 9.18 Å². The van der Waals surface area contributed by atoms with Crippen molar-refractivity contribution in [3.63, 3.8) is 0 Å². The molecule has 1 saturated carbocycles. The van der Waals surface area contributed by atoms with Crippen LogP contribution in [0, 0.1) is 17.6 Å². The van der Waals surface area contributed by atoms with E-state index in [1.807, 2.05) is 0 Å². The average molecular weight is 352 g/mol. The summed E-state index contributed by atoms with van der Waals surface area (Å²) in [6, 6.07) is 1.20. The van der Waals surface area contributed by atoms with Crippen LogP contribution in [-0.4, -0.2) is 37.1 Å². The highest BCUT2D eigenvalue weighted by Gasteiger charge is 2.46. The number of carbonyl (C=O) groups excluding carboxylic acids is 1. The van der Waals surface area contributed by atoms with Crippen molar-refractivity contribution in [3.05, 3.63) is 23.3 Å². The summed E-state index contributed by atoms with van der Waals surface area (Å²) >= 11 is 0. The Morgan fingerprint density at radius 3 is 2.64 bits per heavy atom. The minimum absolute atomic E-state index is 0.0810. The molecule has 0 radical (unpaired) electrons. The van der Waals surface area contributed by atoms with Crippen LogP contribution in [0.3, 0.4) is 0 Å². The molecule has 7 nitrogen and oxygen atoms in total. The number of carbonyl (C=O) groups is 1. The number of ether oxygens (including phenoxy) is 3. The maximum absolute atomic E-state index is 14.4. The molecule has 0 spiro atoms. The Balaban J connectivity index is 1.65. The van der Waals surface area contributed by atoms with E-state index in [9.17, 15) is 13.6 Å². The molecule has 0 bridgehead atoms. The van der Waals surface area contributed by atoms with Crippen molar-refractivity contribution in [1.29, 1.82) is 0 Å². The first-order valence-electron chi connectivity index (χ1n) is 8.11. The molecule has 2 aliphatic heterocycles. The molecule has 1 aromatic heterocycles. The molecular formula is C16H14F2N2O5. The lowest BCUT2D eigenvalue weighted by Crippen LogP contribution is -2.35. The summed E-state index contributed by atoms with van der Waals surface area (Å²) in [6.07, 6.45) is 0.426. The Labute approximate surface area is 140 Å². The van der Waals surface area contributed by atoms with Gasteiger partial charge in [0.1, 0.15) is 6.61 Å². The zero-order valence-corrected chi connectivity index (χ0v) is 13.0. The Morgan fingerprint density at radius 1 is 1.16 bits per heavy atom. The van der Waals surface area contributed by atoms with E-state index in [4.69, 9.17) is 18.7 Å². The van der Waals surface area contributed by atoms with Gasteiger partial charge in [0.15, 0.2) is 17.9 Å². The van der Waals surface area contributed by atoms with E-state index < -0.39 is 24.0 Å². The topological polar surface area (TPSA) is 74.0 Å². The highest BCUT2D eigenvalue weighted by molar-refractivity contribution is 5.99. The van der Waals surface area contributed by atoms with E-state index in [0.29, 0.717) is 19.1 Å². The molecule has 0 unspecified atom stereocenters. The smallest absolute Gasteiger partial charge is 0.416 e. The second-order valence-corrected chi connectivity index (χ2v) is 6.40. The predicted molar refractivity (Wildman–Crippen MR) is 78.9 cm³/mol. The summed E-state index contributed by atoms with van der Waals surface area (Å²) in [4.78, 5) is 13.5. The number of cyclic esters (lactones) is 1. The van der Waals surface area contributed by atoms with Gasteiger partial charge >= 0.3 is 6.09 Å². The van der Waals surface area contributed by atoms with Crippen LogP contribution in [0.25, 0.3) is 11.0 Å². The summed E-state index contributed by atoms with van der Waals surface area (Å²) in [5.41, 5.74) is -0.425. The maximum atomic E-state index is 14.4. The number of amides is 1. The third kappa shape index (κ3) is 2.22. The largest absolute Gasteiger partial charge is 0.447 e. The number of aromatic nitrogens is 1. The van der Waals surface area contributed by atoms with Gasteiger partial charge in [0.25, 0.3) is 0 Å². The highest BCUT2D eigenvalue weighted by Crippen LogP contribution is 2.42. The van der Waals surface area contributed by atoms with Crippen LogP contribution in [0.5, 0.6) is 0 Å². The molecule has 3 heterocycles. The van der Waals surface area contributed by atoms with Crippen LogP contribution >= 0.6 is 0 Å². The van der Waals surface area contributed by atoms with Crippen LogP contribution in [0.4, 0.5) is 19.4 Å². The highest BCUT2D eigenvalue weighted by atomic mass is 19.2. The van der Waals surface area contributed by atoms with Crippen molar-refractivity contribution in [2.24, 2.45) is 5.92 Å². The van der Waals surface area contributed by atoms with Crippen molar-refractivity contribution < 1.29 is 32.3 Å². The van der Waals surface area contributed by atoms with Crippen LogP contribution in [0.15, 0.2) is 10.6 Å². The normalized spacial score (nSPS) is 24.5. The van der Waals surface area contributed by atoms with E-state index >= 15 is 0 Å². The minimum Gasteiger partial charge on any atom is -0.447 e. The van der Waals surface area contributed by atoms with Gasteiger partial charge in [-0.15, -0.1) is 0 Å². The van der Waals surface area contributed by atoms with Gasteiger partial charge in [0, 0.05) is 5.56 Å². The standard InChI is InChI=1S/C16H14F2N2O5/c17-11-8(15-22-3-4-23-15)5-9-13(12(11)18)25-19-14(9)20-10(7-1-2-7)6-24-16(20)21/h5,7,10,15H,1-4,6H2/t10-/m1/s1. The van der Waals surface area contributed by atoms with E-state index in [0.717, 1.165) is 12.8 Å². The second kappa shape index (κ2) is 5.37. The number of fused-ring (bicyclic) bond motifs is 1. The lowest BCUT2D eigenvalue weighted by molar-refractivity contribution is -0.0467. The number of hydrogen-bond donors (Lipinski definition) is 0. The SMILES string of the molecule is O=C1OC[C@H](C2CC2)N1c1noc2c(F)c(F)c(C3OCCO3)cc12. The van der Waals surface area contributed by atoms with E-state index in [2.05, 4.69) is 5.16 Å². The first-order valence-corrected chi connectivity index (χ1v) is 8.11. The van der Waals surface area contributed by atoms with Crippen molar-refractivity contribution in [1.82, 2.24) is 5.16 Å². The summed E-state index contributed by atoms with van der Waals surface area (Å²) in [6.45, 7) is 0.841. The summed E-state index contributed by atoms with van der Waals surface area (Å²) in [5.74, 6) is -1.83. The summed E-state index contributed by atoms with van der Waals surface area (Å²) in [5, 5.41) is 4.01. The molecule has 3 fully saturated rings. The fraction of sp³-hybridized carbons (Fsp3) is 0.500. The Hall–Kier alpha value is -2.26. The van der Waals surface area contributed by atoms with Gasteiger partial charge in [0.05, 0.1) is 24.6 Å². The predicted octanol–water partition coefficient (Wildman–Crippen LogP) is 2.89. The molecule has 0 N–H and O–H groups in total. The summed E-state index contributed by atoms with van der Waals surface area (Å²) in [7, 11) is 0. The molecule has 5 rings (SSSR count). The molecule has 2 saturated heterocycles. The zero-order valence-electron chi connectivity index (χ0n) is 13.0. The number of halogens is 2. The quantitative estimate of drug-likeness (QED) is 0.846. The first kappa shape index (κ1) is 15.0. The number of rotatable bonds is 3. The zero-order chi connectivity index (χ0) is 17.1. The molecule has 1 amide bonds. The van der Waals surface area contributed by atoms with E-state index in [1.54, 1.807) is 0 Å². The third-order valence-electron chi connectivity index (χ3n) is 4.83. The van der Waals surface area contributed by atoms with Gasteiger partial charge in [-0.3, -0.25) is 4.90 Å². The van der Waals surface area contributed by atoms with Gasteiger partial charge in [0.2, 0.25) is 11.4 Å². The van der Waals surface area contributed by atoms with Crippen molar-refractivity contribution in [3.8, 4) is 0 Å². The molecule has 9 heteroatoms. The van der Waals surface area contributed by atoms with E-state index in [-0.39, 0.29) is 35.0 Å². The fourth-order valence-electron chi connectivity index (χ4n) is 3.41. The molecule has 3 aliphatic rings. The number of nitrogens with zero attached hydrogens (tertiary/aromatic N) is 2. The van der Waals surface area contributed by atoms with E-state index in [1.165, 1.54) is 11.0 Å². The van der Waals surface area contributed by atoms with Crippen LogP contribution in [0.2, 0.25) is 0 Å². The maximum Gasteiger partial charge on any atom is 0.416 e. The van der Waals surface area contributed by atoms with Crippen LogP contribution in [0.1, 0.15) is 24.7 Å². The van der Waals surface area contributed by atoms with Gasteiger partial charge in [-0.1, -0.05) is 5.16 Å². The molecule has 132 valence electrons. The Morgan fingerprint density at radius 2 is 1.92 bits per heavy atom. The van der Waals surface area contributed by atoms with Crippen LogP contribution in [-0.2, 0) is 14.2 Å². The Bertz CT molecular complexity index is 860. The first-order chi connectivity index (χ1) is 12.1. The third-order valence-corrected chi connectivity index (χ3v) is 4.83. The van der Waals surface area contributed by atoms with Crippen LogP contribution < -0.4 is 4.90 Å². The Kier molecular flexibility index (Phi) is 3.23. The summed E-state index contributed by atoms with van der Waals surface area (Å²) < 4.78 is 49.4. The molecule has 1 aliphatic carbocycles. The monoisotopic (exact) mass is 352 g/mol. The number of anilines is 1. The molecule has 2 aromatic rings. The molecule has 25 heavy (non-hydrogen) atoms. The van der Waals surface area contributed by atoms with Gasteiger partial charge in [-0.05, 0) is 24.8 Å². The second-order valence-electron chi connectivity index (χ2n) is 6.40. The van der Waals surface area contributed by atoms with Gasteiger partial charge < -0.3 is 18.7 Å². The van der Waals surface area contributed by atoms with Gasteiger partial charge in [-0.2, -0.15) is 4.39 Å². The minimum atomic E-state index is -1.18. The number of hydrogen-bond acceptors (Lipinski definition) is 6. The molecule has 1 atom stereocenters. The lowest BCUT2D eigenvalue weighted by atomic mass is 10.1. The van der Waals surface area contributed by atoms with Crippen molar-refractivity contribution in [2.75, 3.05) is 24.7 Å². The average Bonchev–Trinajstić information content (AvgIpc) is 2.99. The fourth-order valence-corrected chi connectivity index (χ4v) is 3.41. The van der Waals surface area contributed by atoms with Crippen molar-refractivity contribution in [2.45, 2.75) is 25.2 Å².